The van der Waals surface area contributed by atoms with Gasteiger partial charge in [-0.3, -0.25) is 4.57 Å². The Kier molecular flexibility index (Phi) is 2.79. The summed E-state index contributed by atoms with van der Waals surface area (Å²) in [4.78, 5) is 0. The Morgan fingerprint density at radius 1 is 0.947 bits per heavy atom. The second kappa shape index (κ2) is 4.61. The summed E-state index contributed by atoms with van der Waals surface area (Å²) in [6, 6.07) is 12.0. The quantitative estimate of drug-likeness (QED) is 0.701. The van der Waals surface area contributed by atoms with Crippen LogP contribution in [0, 0.1) is 13.8 Å². The molecular weight excluding hydrogens is 238 g/mol. The summed E-state index contributed by atoms with van der Waals surface area (Å²) in [6.45, 7) is 3.84. The number of para-hydroxylation sites is 1. The molecule has 5 nitrogen and oxygen atoms in total. The zero-order valence-electron chi connectivity index (χ0n) is 10.8. The van der Waals surface area contributed by atoms with Crippen LogP contribution in [0.4, 0.5) is 0 Å². The molecule has 2 aromatic heterocycles. The molecule has 0 radical (unpaired) electrons. The van der Waals surface area contributed by atoms with Crippen LogP contribution in [0.25, 0.3) is 17.1 Å². The predicted molar refractivity (Wildman–Crippen MR) is 71.9 cm³/mol. The van der Waals surface area contributed by atoms with Crippen LogP contribution in [0.15, 0.2) is 42.7 Å². The van der Waals surface area contributed by atoms with E-state index in [1.807, 2.05) is 54.8 Å². The Hall–Kier alpha value is -2.56. The number of rotatable bonds is 2. The molecule has 3 rings (SSSR count). The zero-order valence-corrected chi connectivity index (χ0v) is 10.8. The van der Waals surface area contributed by atoms with Gasteiger partial charge in [0.15, 0.2) is 5.82 Å². The van der Waals surface area contributed by atoms with Gasteiger partial charge >= 0.3 is 0 Å². The first-order chi connectivity index (χ1) is 9.25. The van der Waals surface area contributed by atoms with Gasteiger partial charge in [-0.1, -0.05) is 18.2 Å². The molecule has 3 aromatic rings. The van der Waals surface area contributed by atoms with Crippen LogP contribution in [0.3, 0.4) is 0 Å². The molecule has 2 heterocycles. The Balaban J connectivity index is 2.18. The Labute approximate surface area is 111 Å². The molecule has 0 aliphatic rings. The summed E-state index contributed by atoms with van der Waals surface area (Å²) in [5, 5.41) is 16.4. The molecule has 0 bridgehead atoms. The van der Waals surface area contributed by atoms with Gasteiger partial charge in [0.25, 0.3) is 0 Å². The third-order valence-electron chi connectivity index (χ3n) is 2.92. The van der Waals surface area contributed by atoms with Crippen molar-refractivity contribution in [1.29, 1.82) is 0 Å². The second-order valence-electron chi connectivity index (χ2n) is 4.34. The largest absolute Gasteiger partial charge is 0.282 e. The van der Waals surface area contributed by atoms with Gasteiger partial charge in [0.1, 0.15) is 6.33 Å². The summed E-state index contributed by atoms with van der Waals surface area (Å²) in [5.41, 5.74) is 3.68. The minimum absolute atomic E-state index is 0.779. The van der Waals surface area contributed by atoms with Gasteiger partial charge in [0, 0.05) is 11.3 Å². The van der Waals surface area contributed by atoms with E-state index in [4.69, 9.17) is 0 Å². The Bertz CT molecular complexity index is 703. The molecule has 0 saturated carbocycles. The maximum Gasteiger partial charge on any atom is 0.170 e. The van der Waals surface area contributed by atoms with E-state index < -0.39 is 0 Å². The van der Waals surface area contributed by atoms with Gasteiger partial charge in [-0.15, -0.1) is 10.2 Å². The van der Waals surface area contributed by atoms with Gasteiger partial charge in [0.2, 0.25) is 0 Å². The first-order valence-corrected chi connectivity index (χ1v) is 6.02. The van der Waals surface area contributed by atoms with Crippen molar-refractivity contribution in [2.45, 2.75) is 13.8 Å². The molecule has 0 atom stereocenters. The van der Waals surface area contributed by atoms with Gasteiger partial charge in [0.05, 0.1) is 11.4 Å². The van der Waals surface area contributed by atoms with Crippen LogP contribution < -0.4 is 0 Å². The first kappa shape index (κ1) is 11.5. The van der Waals surface area contributed by atoms with Gasteiger partial charge in [-0.2, -0.15) is 10.2 Å². The average molecular weight is 251 g/mol. The molecule has 0 spiro atoms. The van der Waals surface area contributed by atoms with Crippen molar-refractivity contribution in [3.8, 4) is 17.1 Å². The second-order valence-corrected chi connectivity index (χ2v) is 4.34. The van der Waals surface area contributed by atoms with Crippen LogP contribution in [0.5, 0.6) is 0 Å². The van der Waals surface area contributed by atoms with Gasteiger partial charge in [-0.05, 0) is 32.0 Å². The lowest BCUT2D eigenvalue weighted by atomic mass is 10.2. The first-order valence-electron chi connectivity index (χ1n) is 6.02. The summed E-state index contributed by atoms with van der Waals surface area (Å²) in [5.74, 6) is 0.779. The van der Waals surface area contributed by atoms with E-state index in [9.17, 15) is 0 Å². The number of hydrogen-bond acceptors (Lipinski definition) is 4. The highest BCUT2D eigenvalue weighted by atomic mass is 15.3. The van der Waals surface area contributed by atoms with E-state index in [1.54, 1.807) is 6.33 Å². The van der Waals surface area contributed by atoms with Crippen LogP contribution in [-0.2, 0) is 0 Å². The van der Waals surface area contributed by atoms with E-state index in [1.165, 1.54) is 0 Å². The predicted octanol–water partition coefficient (Wildman–Crippen LogP) is 2.34. The van der Waals surface area contributed by atoms with Crippen LogP contribution in [0.2, 0.25) is 0 Å². The van der Waals surface area contributed by atoms with E-state index in [-0.39, 0.29) is 0 Å². The third kappa shape index (κ3) is 2.10. The summed E-state index contributed by atoms with van der Waals surface area (Å²) in [6.07, 6.45) is 1.71. The summed E-state index contributed by atoms with van der Waals surface area (Å²) in [7, 11) is 0. The van der Waals surface area contributed by atoms with Crippen molar-refractivity contribution in [2.75, 3.05) is 0 Å². The minimum Gasteiger partial charge on any atom is -0.282 e. The van der Waals surface area contributed by atoms with Crippen LogP contribution in [0.1, 0.15) is 11.4 Å². The van der Waals surface area contributed by atoms with Crippen molar-refractivity contribution < 1.29 is 0 Å². The lowest BCUT2D eigenvalue weighted by Crippen LogP contribution is -2.00. The molecule has 1 aromatic carbocycles. The molecule has 5 heteroatoms. The standard InChI is InChI=1S/C14H13N5/c1-10-8-13(11(2)17-16-10)14-18-15-9-19(14)12-6-4-3-5-7-12/h3-9H,1-2H3. The smallest absolute Gasteiger partial charge is 0.170 e. The molecule has 0 amide bonds. The molecule has 0 N–H and O–H groups in total. The maximum atomic E-state index is 4.21. The summed E-state index contributed by atoms with van der Waals surface area (Å²) < 4.78 is 1.95. The highest BCUT2D eigenvalue weighted by molar-refractivity contribution is 5.60. The van der Waals surface area contributed by atoms with E-state index in [2.05, 4.69) is 20.4 Å². The van der Waals surface area contributed by atoms with Crippen molar-refractivity contribution in [3.63, 3.8) is 0 Å². The highest BCUT2D eigenvalue weighted by Crippen LogP contribution is 2.22. The highest BCUT2D eigenvalue weighted by Gasteiger charge is 2.12. The Morgan fingerprint density at radius 3 is 2.53 bits per heavy atom. The molecule has 0 unspecified atom stereocenters. The number of aromatic nitrogens is 5. The number of hydrogen-bond donors (Lipinski definition) is 0. The minimum atomic E-state index is 0.779. The fourth-order valence-electron chi connectivity index (χ4n) is 1.97. The zero-order chi connectivity index (χ0) is 13.2. The van der Waals surface area contributed by atoms with Crippen molar-refractivity contribution in [3.05, 3.63) is 54.1 Å². The number of benzene rings is 1. The van der Waals surface area contributed by atoms with Gasteiger partial charge in [-0.25, -0.2) is 0 Å². The van der Waals surface area contributed by atoms with E-state index in [0.29, 0.717) is 0 Å². The molecule has 0 aliphatic heterocycles. The fraction of sp³-hybridized carbons (Fsp3) is 0.143. The van der Waals surface area contributed by atoms with E-state index >= 15 is 0 Å². The lowest BCUT2D eigenvalue weighted by Gasteiger charge is -2.08. The van der Waals surface area contributed by atoms with Crippen LogP contribution in [-0.4, -0.2) is 25.0 Å². The SMILES string of the molecule is Cc1cc(-c2nncn2-c2ccccc2)c(C)nn1. The van der Waals surface area contributed by atoms with Crippen molar-refractivity contribution in [2.24, 2.45) is 0 Å². The number of nitrogens with zero attached hydrogens (tertiary/aromatic N) is 5. The normalized spacial score (nSPS) is 10.6. The Morgan fingerprint density at radius 2 is 1.74 bits per heavy atom. The average Bonchev–Trinajstić information content (AvgIpc) is 2.91. The maximum absolute atomic E-state index is 4.21. The van der Waals surface area contributed by atoms with E-state index in [0.717, 1.165) is 28.5 Å². The monoisotopic (exact) mass is 251 g/mol. The van der Waals surface area contributed by atoms with Crippen LogP contribution >= 0.6 is 0 Å². The lowest BCUT2D eigenvalue weighted by molar-refractivity contribution is 0.933. The fourth-order valence-corrected chi connectivity index (χ4v) is 1.97. The topological polar surface area (TPSA) is 56.5 Å². The molecule has 19 heavy (non-hydrogen) atoms. The van der Waals surface area contributed by atoms with Gasteiger partial charge < -0.3 is 0 Å². The summed E-state index contributed by atoms with van der Waals surface area (Å²) >= 11 is 0. The molecule has 0 aliphatic carbocycles. The molecule has 94 valence electrons. The number of aryl methyl sites for hydroxylation is 2. The third-order valence-corrected chi connectivity index (χ3v) is 2.92. The molecule has 0 saturated heterocycles. The van der Waals surface area contributed by atoms with Crippen molar-refractivity contribution in [1.82, 2.24) is 25.0 Å². The van der Waals surface area contributed by atoms with Crippen molar-refractivity contribution >= 4 is 0 Å². The molecular formula is C14H13N5. The molecule has 0 fully saturated rings.